The van der Waals surface area contributed by atoms with Gasteiger partial charge in [0.15, 0.2) is 0 Å². The van der Waals surface area contributed by atoms with Gasteiger partial charge >= 0.3 is 0 Å². The summed E-state index contributed by atoms with van der Waals surface area (Å²) >= 11 is 5.78. The Balaban J connectivity index is 1.80. The van der Waals surface area contributed by atoms with Gasteiger partial charge in [0.2, 0.25) is 0 Å². The predicted molar refractivity (Wildman–Crippen MR) is 92.0 cm³/mol. The molecular weight excluding hydrogens is 297 g/mol. The van der Waals surface area contributed by atoms with E-state index in [9.17, 15) is 4.39 Å². The van der Waals surface area contributed by atoms with Crippen molar-refractivity contribution in [3.8, 4) is 0 Å². The van der Waals surface area contributed by atoms with Crippen molar-refractivity contribution in [2.75, 3.05) is 6.54 Å². The zero-order chi connectivity index (χ0) is 16.2. The van der Waals surface area contributed by atoms with Crippen molar-refractivity contribution in [1.29, 1.82) is 0 Å². The summed E-state index contributed by atoms with van der Waals surface area (Å²) in [5.41, 5.74) is 3.85. The molecule has 1 nitrogen and oxygen atoms in total. The van der Waals surface area contributed by atoms with Crippen molar-refractivity contribution >= 4 is 11.6 Å². The highest BCUT2D eigenvalue weighted by Crippen LogP contribution is 2.22. The van der Waals surface area contributed by atoms with E-state index in [1.165, 1.54) is 17.2 Å². The van der Waals surface area contributed by atoms with Crippen molar-refractivity contribution in [2.24, 2.45) is 0 Å². The first-order valence-corrected chi connectivity index (χ1v) is 7.98. The minimum absolute atomic E-state index is 0.188. The molecule has 0 aliphatic rings. The van der Waals surface area contributed by atoms with Crippen LogP contribution in [0.15, 0.2) is 42.5 Å². The van der Waals surface area contributed by atoms with Crippen molar-refractivity contribution in [1.82, 2.24) is 5.32 Å². The van der Waals surface area contributed by atoms with E-state index in [-0.39, 0.29) is 16.3 Å². The van der Waals surface area contributed by atoms with Crippen LogP contribution in [0.1, 0.15) is 37.5 Å². The molecule has 0 aliphatic carbocycles. The van der Waals surface area contributed by atoms with Crippen molar-refractivity contribution in [3.05, 3.63) is 70.0 Å². The zero-order valence-corrected chi connectivity index (χ0v) is 14.2. The molecule has 22 heavy (non-hydrogen) atoms. The van der Waals surface area contributed by atoms with Gasteiger partial charge in [-0.25, -0.2) is 4.39 Å². The second-order valence-electron chi connectivity index (χ2n) is 6.62. The van der Waals surface area contributed by atoms with E-state index >= 15 is 0 Å². The summed E-state index contributed by atoms with van der Waals surface area (Å²) in [4.78, 5) is 0. The van der Waals surface area contributed by atoms with Crippen LogP contribution in [0.3, 0.4) is 0 Å². The molecule has 0 saturated carbocycles. The standard InChI is InChI=1S/C19H23ClFN/c1-19(2,3)16-7-4-15(5-8-16)13-22-11-10-14-6-9-18(21)17(20)12-14/h4-9,12,22H,10-11,13H2,1-3H3. The SMILES string of the molecule is CC(C)(C)c1ccc(CNCCc2ccc(F)c(Cl)c2)cc1. The van der Waals surface area contributed by atoms with Gasteiger partial charge in [0.25, 0.3) is 0 Å². The molecule has 0 radical (unpaired) electrons. The van der Waals surface area contributed by atoms with Gasteiger partial charge in [-0.15, -0.1) is 0 Å². The summed E-state index contributed by atoms with van der Waals surface area (Å²) < 4.78 is 13.1. The van der Waals surface area contributed by atoms with Crippen LogP contribution in [0.2, 0.25) is 5.02 Å². The van der Waals surface area contributed by atoms with Gasteiger partial charge in [0, 0.05) is 6.54 Å². The van der Waals surface area contributed by atoms with Gasteiger partial charge < -0.3 is 5.32 Å². The van der Waals surface area contributed by atoms with Crippen LogP contribution in [-0.2, 0) is 18.4 Å². The lowest BCUT2D eigenvalue weighted by Crippen LogP contribution is -2.17. The predicted octanol–water partition coefficient (Wildman–Crippen LogP) is 5.11. The summed E-state index contributed by atoms with van der Waals surface area (Å²) in [5.74, 6) is -0.364. The minimum Gasteiger partial charge on any atom is -0.312 e. The zero-order valence-electron chi connectivity index (χ0n) is 13.4. The number of hydrogen-bond acceptors (Lipinski definition) is 1. The van der Waals surface area contributed by atoms with Crippen LogP contribution >= 0.6 is 11.6 Å². The molecule has 0 aliphatic heterocycles. The quantitative estimate of drug-likeness (QED) is 0.755. The highest BCUT2D eigenvalue weighted by molar-refractivity contribution is 6.30. The summed E-state index contributed by atoms with van der Waals surface area (Å²) in [6, 6.07) is 13.6. The molecular formula is C19H23ClFN. The molecule has 1 N–H and O–H groups in total. The van der Waals surface area contributed by atoms with Gasteiger partial charge in [-0.05, 0) is 47.2 Å². The first-order chi connectivity index (χ1) is 10.4. The van der Waals surface area contributed by atoms with Crippen LogP contribution in [0.5, 0.6) is 0 Å². The first-order valence-electron chi connectivity index (χ1n) is 7.60. The van der Waals surface area contributed by atoms with Crippen LogP contribution in [-0.4, -0.2) is 6.54 Å². The Morgan fingerprint density at radius 2 is 1.64 bits per heavy atom. The van der Waals surface area contributed by atoms with Crippen molar-refractivity contribution < 1.29 is 4.39 Å². The monoisotopic (exact) mass is 319 g/mol. The summed E-state index contributed by atoms with van der Waals surface area (Å²) in [5, 5.41) is 3.60. The molecule has 0 heterocycles. The molecule has 2 aromatic carbocycles. The van der Waals surface area contributed by atoms with E-state index in [0.717, 1.165) is 25.1 Å². The summed E-state index contributed by atoms with van der Waals surface area (Å²) in [6.45, 7) is 8.32. The Kier molecular flexibility index (Phi) is 5.60. The summed E-state index contributed by atoms with van der Waals surface area (Å²) in [7, 11) is 0. The van der Waals surface area contributed by atoms with Gasteiger partial charge in [-0.1, -0.05) is 62.7 Å². The molecule has 2 aromatic rings. The Morgan fingerprint density at radius 1 is 1.00 bits per heavy atom. The van der Waals surface area contributed by atoms with Gasteiger partial charge in [0.05, 0.1) is 5.02 Å². The second kappa shape index (κ2) is 7.26. The molecule has 0 amide bonds. The van der Waals surface area contributed by atoms with Crippen LogP contribution in [0.25, 0.3) is 0 Å². The topological polar surface area (TPSA) is 12.0 Å². The summed E-state index contributed by atoms with van der Waals surface area (Å²) in [6.07, 6.45) is 0.833. The van der Waals surface area contributed by atoms with Crippen LogP contribution < -0.4 is 5.32 Å². The number of halogens is 2. The molecule has 0 bridgehead atoms. The fourth-order valence-electron chi connectivity index (χ4n) is 2.28. The average molecular weight is 320 g/mol. The van der Waals surface area contributed by atoms with E-state index in [4.69, 9.17) is 11.6 Å². The Hall–Kier alpha value is -1.38. The largest absolute Gasteiger partial charge is 0.312 e. The smallest absolute Gasteiger partial charge is 0.141 e. The Bertz CT molecular complexity index is 614. The lowest BCUT2D eigenvalue weighted by molar-refractivity contribution is 0.589. The van der Waals surface area contributed by atoms with Crippen molar-refractivity contribution in [3.63, 3.8) is 0 Å². The maximum absolute atomic E-state index is 13.1. The van der Waals surface area contributed by atoms with E-state index in [1.807, 2.05) is 0 Å². The number of hydrogen-bond donors (Lipinski definition) is 1. The lowest BCUT2D eigenvalue weighted by Gasteiger charge is -2.19. The van der Waals surface area contributed by atoms with Crippen LogP contribution in [0, 0.1) is 5.82 Å². The number of rotatable bonds is 5. The molecule has 2 rings (SSSR count). The highest BCUT2D eigenvalue weighted by Gasteiger charge is 2.12. The third kappa shape index (κ3) is 4.82. The van der Waals surface area contributed by atoms with Gasteiger partial charge in [0.1, 0.15) is 5.82 Å². The molecule has 0 unspecified atom stereocenters. The fourth-order valence-corrected chi connectivity index (χ4v) is 2.49. The van der Waals surface area contributed by atoms with E-state index in [1.54, 1.807) is 12.1 Å². The molecule has 0 aromatic heterocycles. The molecule has 118 valence electrons. The molecule has 3 heteroatoms. The van der Waals surface area contributed by atoms with E-state index in [0.29, 0.717) is 0 Å². The average Bonchev–Trinajstić information content (AvgIpc) is 2.47. The van der Waals surface area contributed by atoms with Crippen LogP contribution in [0.4, 0.5) is 4.39 Å². The molecule has 0 fully saturated rings. The number of nitrogens with one attached hydrogen (secondary N) is 1. The maximum atomic E-state index is 13.1. The normalized spacial score (nSPS) is 11.7. The minimum atomic E-state index is -0.364. The molecule has 0 spiro atoms. The Morgan fingerprint density at radius 3 is 2.23 bits per heavy atom. The Labute approximate surface area is 137 Å². The third-order valence-corrected chi connectivity index (χ3v) is 4.01. The maximum Gasteiger partial charge on any atom is 0.141 e. The first kappa shape index (κ1) is 17.0. The van der Waals surface area contributed by atoms with E-state index in [2.05, 4.69) is 50.4 Å². The third-order valence-electron chi connectivity index (χ3n) is 3.72. The van der Waals surface area contributed by atoms with Gasteiger partial charge in [-0.2, -0.15) is 0 Å². The highest BCUT2D eigenvalue weighted by atomic mass is 35.5. The lowest BCUT2D eigenvalue weighted by atomic mass is 9.87. The number of benzene rings is 2. The van der Waals surface area contributed by atoms with Crippen molar-refractivity contribution in [2.45, 2.75) is 39.2 Å². The fraction of sp³-hybridized carbons (Fsp3) is 0.368. The second-order valence-corrected chi connectivity index (χ2v) is 7.03. The van der Waals surface area contributed by atoms with Gasteiger partial charge in [-0.3, -0.25) is 0 Å². The molecule has 0 atom stereocenters. The molecule has 0 saturated heterocycles. The van der Waals surface area contributed by atoms with E-state index < -0.39 is 0 Å².